The fraction of sp³-hybridized carbons (Fsp3) is 0.333. The Morgan fingerprint density at radius 3 is 2.55 bits per heavy atom. The number of amides is 2. The van der Waals surface area contributed by atoms with Crippen LogP contribution in [0.2, 0.25) is 0 Å². The van der Waals surface area contributed by atoms with Crippen molar-refractivity contribution in [1.82, 2.24) is 19.8 Å². The molecular formula is C21H24N4O3S. The molecule has 152 valence electrons. The minimum atomic E-state index is -0.373. The topological polar surface area (TPSA) is 84.3 Å². The van der Waals surface area contributed by atoms with Gasteiger partial charge in [0, 0.05) is 17.5 Å². The van der Waals surface area contributed by atoms with Gasteiger partial charge in [0.25, 0.3) is 5.56 Å². The number of hydrogen-bond acceptors (Lipinski definition) is 5. The number of carbonyl (C=O) groups excluding carboxylic acids is 2. The van der Waals surface area contributed by atoms with Crippen LogP contribution in [0, 0.1) is 0 Å². The first-order chi connectivity index (χ1) is 13.6. The van der Waals surface area contributed by atoms with E-state index in [4.69, 9.17) is 0 Å². The van der Waals surface area contributed by atoms with Gasteiger partial charge in [-0.3, -0.25) is 19.0 Å². The lowest BCUT2D eigenvalue weighted by molar-refractivity contribution is -0.135. The van der Waals surface area contributed by atoms with Gasteiger partial charge in [0.1, 0.15) is 11.2 Å². The summed E-state index contributed by atoms with van der Waals surface area (Å²) in [6, 6.07) is 11.7. The molecule has 0 aliphatic rings. The van der Waals surface area contributed by atoms with E-state index in [2.05, 4.69) is 10.3 Å². The second kappa shape index (κ2) is 8.16. The number of fused-ring (bicyclic) bond motifs is 1. The van der Waals surface area contributed by atoms with Gasteiger partial charge in [-0.2, -0.15) is 0 Å². The second-order valence-corrected chi connectivity index (χ2v) is 8.97. The number of hydrogen-bond donors (Lipinski definition) is 1. The summed E-state index contributed by atoms with van der Waals surface area (Å²) in [5, 5.41) is 2.81. The Bertz CT molecular complexity index is 1100. The van der Waals surface area contributed by atoms with Gasteiger partial charge in [-0.1, -0.05) is 30.3 Å². The minimum Gasteiger partial charge on any atom is -0.350 e. The van der Waals surface area contributed by atoms with Crippen LogP contribution in [0.15, 0.2) is 47.5 Å². The summed E-state index contributed by atoms with van der Waals surface area (Å²) >= 11 is 1.36. The first-order valence-electron chi connectivity index (χ1n) is 9.23. The highest BCUT2D eigenvalue weighted by atomic mass is 32.1. The zero-order valence-electron chi connectivity index (χ0n) is 16.9. The van der Waals surface area contributed by atoms with Crippen molar-refractivity contribution >= 4 is 33.4 Å². The summed E-state index contributed by atoms with van der Waals surface area (Å²) in [5.41, 5.74) is 0.994. The molecule has 3 aromatic rings. The van der Waals surface area contributed by atoms with Crippen LogP contribution in [-0.2, 0) is 16.1 Å². The first-order valence-corrected chi connectivity index (χ1v) is 10.0. The zero-order chi connectivity index (χ0) is 21.2. The molecule has 0 atom stereocenters. The van der Waals surface area contributed by atoms with Gasteiger partial charge in [-0.25, -0.2) is 4.98 Å². The SMILES string of the molecule is CN(CC(=O)NC(C)(C)C)C(=O)Cn1cnc2cc(-c3ccccc3)sc2c1=O. The fourth-order valence-electron chi connectivity index (χ4n) is 2.83. The van der Waals surface area contributed by atoms with Crippen molar-refractivity contribution in [3.8, 4) is 10.4 Å². The van der Waals surface area contributed by atoms with Crippen molar-refractivity contribution in [3.05, 3.63) is 53.1 Å². The molecular weight excluding hydrogens is 388 g/mol. The van der Waals surface area contributed by atoms with Crippen LogP contribution in [-0.4, -0.2) is 45.4 Å². The molecule has 0 fully saturated rings. The lowest BCUT2D eigenvalue weighted by Gasteiger charge is -2.23. The maximum absolute atomic E-state index is 12.8. The largest absolute Gasteiger partial charge is 0.350 e. The van der Waals surface area contributed by atoms with Crippen molar-refractivity contribution in [2.75, 3.05) is 13.6 Å². The Morgan fingerprint density at radius 1 is 1.21 bits per heavy atom. The number of benzene rings is 1. The molecule has 3 rings (SSSR count). The van der Waals surface area contributed by atoms with E-state index in [-0.39, 0.29) is 36.0 Å². The lowest BCUT2D eigenvalue weighted by atomic mass is 10.1. The van der Waals surface area contributed by atoms with Gasteiger partial charge in [0.15, 0.2) is 0 Å². The molecule has 1 aromatic carbocycles. The van der Waals surface area contributed by atoms with E-state index in [0.29, 0.717) is 10.2 Å². The fourth-order valence-corrected chi connectivity index (χ4v) is 3.90. The molecule has 0 spiro atoms. The number of thiophene rings is 1. The number of nitrogens with zero attached hydrogens (tertiary/aromatic N) is 3. The van der Waals surface area contributed by atoms with Gasteiger partial charge in [0.2, 0.25) is 11.8 Å². The standard InChI is InChI=1S/C21H24N4O3S/c1-21(2,3)23-17(26)11-24(4)18(27)12-25-13-22-15-10-16(29-19(15)20(25)28)14-8-6-5-7-9-14/h5-10,13H,11-12H2,1-4H3,(H,23,26). The summed E-state index contributed by atoms with van der Waals surface area (Å²) in [6.45, 7) is 5.38. The van der Waals surface area contributed by atoms with E-state index in [1.165, 1.54) is 27.1 Å². The van der Waals surface area contributed by atoms with Crippen molar-refractivity contribution in [1.29, 1.82) is 0 Å². The molecule has 2 aromatic heterocycles. The molecule has 0 saturated heterocycles. The third kappa shape index (κ3) is 5.08. The molecule has 2 amide bonds. The van der Waals surface area contributed by atoms with Crippen molar-refractivity contribution in [2.24, 2.45) is 0 Å². The highest BCUT2D eigenvalue weighted by molar-refractivity contribution is 7.22. The van der Waals surface area contributed by atoms with Gasteiger partial charge in [-0.15, -0.1) is 11.3 Å². The number of likely N-dealkylation sites (N-methyl/N-ethyl adjacent to an activating group) is 1. The van der Waals surface area contributed by atoms with Crippen molar-refractivity contribution in [2.45, 2.75) is 32.9 Å². The highest BCUT2D eigenvalue weighted by Gasteiger charge is 2.19. The number of rotatable bonds is 5. The van der Waals surface area contributed by atoms with Crippen LogP contribution in [0.4, 0.5) is 0 Å². The van der Waals surface area contributed by atoms with E-state index in [1.807, 2.05) is 57.2 Å². The monoisotopic (exact) mass is 412 g/mol. The lowest BCUT2D eigenvalue weighted by Crippen LogP contribution is -2.47. The predicted octanol–water partition coefficient (Wildman–Crippen LogP) is 2.50. The van der Waals surface area contributed by atoms with Crippen LogP contribution in [0.3, 0.4) is 0 Å². The molecule has 0 unspecified atom stereocenters. The van der Waals surface area contributed by atoms with E-state index >= 15 is 0 Å². The Morgan fingerprint density at radius 2 is 1.90 bits per heavy atom. The molecule has 7 nitrogen and oxygen atoms in total. The summed E-state index contributed by atoms with van der Waals surface area (Å²) in [6.07, 6.45) is 1.38. The van der Waals surface area contributed by atoms with Crippen LogP contribution >= 0.6 is 11.3 Å². The van der Waals surface area contributed by atoms with E-state index < -0.39 is 0 Å². The van der Waals surface area contributed by atoms with Gasteiger partial charge in [0.05, 0.1) is 18.4 Å². The average Bonchev–Trinajstić information content (AvgIpc) is 3.08. The Balaban J connectivity index is 1.76. The first kappa shape index (κ1) is 20.7. The van der Waals surface area contributed by atoms with Crippen molar-refractivity contribution < 1.29 is 9.59 Å². The molecule has 0 aliphatic carbocycles. The van der Waals surface area contributed by atoms with E-state index in [9.17, 15) is 14.4 Å². The number of carbonyl (C=O) groups is 2. The molecule has 2 heterocycles. The smallest absolute Gasteiger partial charge is 0.271 e. The molecule has 0 radical (unpaired) electrons. The Hall–Kier alpha value is -3.00. The van der Waals surface area contributed by atoms with Crippen molar-refractivity contribution in [3.63, 3.8) is 0 Å². The quantitative estimate of drug-likeness (QED) is 0.698. The second-order valence-electron chi connectivity index (χ2n) is 7.92. The number of nitrogens with one attached hydrogen (secondary N) is 1. The normalized spacial score (nSPS) is 11.4. The van der Waals surface area contributed by atoms with E-state index in [1.54, 1.807) is 7.05 Å². The third-order valence-electron chi connectivity index (χ3n) is 4.19. The maximum Gasteiger partial charge on any atom is 0.271 e. The molecule has 8 heteroatoms. The molecule has 0 aliphatic heterocycles. The average molecular weight is 413 g/mol. The summed E-state index contributed by atoms with van der Waals surface area (Å²) < 4.78 is 1.79. The summed E-state index contributed by atoms with van der Waals surface area (Å²) in [4.78, 5) is 43.9. The Kier molecular flexibility index (Phi) is 5.83. The molecule has 0 bridgehead atoms. The number of aromatic nitrogens is 2. The third-order valence-corrected chi connectivity index (χ3v) is 5.35. The van der Waals surface area contributed by atoms with E-state index in [0.717, 1.165) is 10.4 Å². The zero-order valence-corrected chi connectivity index (χ0v) is 17.7. The van der Waals surface area contributed by atoms with Gasteiger partial charge >= 0.3 is 0 Å². The van der Waals surface area contributed by atoms with Crippen LogP contribution in [0.25, 0.3) is 20.7 Å². The van der Waals surface area contributed by atoms with Gasteiger partial charge in [-0.05, 0) is 32.4 Å². The summed E-state index contributed by atoms with van der Waals surface area (Å²) in [7, 11) is 1.54. The molecule has 0 saturated carbocycles. The molecule has 1 N–H and O–H groups in total. The minimum absolute atomic E-state index is 0.0717. The summed E-state index contributed by atoms with van der Waals surface area (Å²) in [5.74, 6) is -0.586. The highest BCUT2D eigenvalue weighted by Crippen LogP contribution is 2.30. The molecule has 29 heavy (non-hydrogen) atoms. The van der Waals surface area contributed by atoms with Crippen LogP contribution in [0.1, 0.15) is 20.8 Å². The van der Waals surface area contributed by atoms with Gasteiger partial charge < -0.3 is 10.2 Å². The van der Waals surface area contributed by atoms with Crippen LogP contribution < -0.4 is 10.9 Å². The van der Waals surface area contributed by atoms with Crippen LogP contribution in [0.5, 0.6) is 0 Å². The predicted molar refractivity (Wildman–Crippen MR) is 115 cm³/mol. The maximum atomic E-state index is 12.8. The Labute approximate surface area is 173 Å².